The second-order valence-electron chi connectivity index (χ2n) is 2.01. The van der Waals surface area contributed by atoms with Gasteiger partial charge in [0.15, 0.2) is 0 Å². The molecule has 0 bridgehead atoms. The molecule has 1 fully saturated rings. The van der Waals surface area contributed by atoms with Crippen LogP contribution in [0, 0.1) is 0 Å². The van der Waals surface area contributed by atoms with Gasteiger partial charge in [0.05, 0.1) is 0 Å². The van der Waals surface area contributed by atoms with Gasteiger partial charge in [0.25, 0.3) is 0 Å². The molecule has 0 unspecified atom stereocenters. The molecule has 7 heavy (non-hydrogen) atoms. The molecule has 0 atom stereocenters. The zero-order valence-electron chi connectivity index (χ0n) is 4.43. The summed E-state index contributed by atoms with van der Waals surface area (Å²) < 4.78 is 11.6. The summed E-state index contributed by atoms with van der Waals surface area (Å²) in [7, 11) is 0. The summed E-state index contributed by atoms with van der Waals surface area (Å²) in [5.41, 5.74) is 0. The molecule has 1 saturated heterocycles. The maximum absolute atomic E-state index is 9.11. The third-order valence-corrected chi connectivity index (χ3v) is 7.80. The van der Waals surface area contributed by atoms with Crippen molar-refractivity contribution in [2.24, 2.45) is 0 Å². The Labute approximate surface area is 53.0 Å². The second-order valence-corrected chi connectivity index (χ2v) is 9.43. The fraction of sp³-hybridized carbons (Fsp3) is 1.00. The van der Waals surface area contributed by atoms with Gasteiger partial charge in [0, 0.05) is 0 Å². The van der Waals surface area contributed by atoms with Crippen LogP contribution in [0.4, 0.5) is 0 Å². The van der Waals surface area contributed by atoms with E-state index >= 15 is 0 Å². The van der Waals surface area contributed by atoms with Gasteiger partial charge in [-0.3, -0.25) is 0 Å². The van der Waals surface area contributed by atoms with Gasteiger partial charge in [0.1, 0.15) is 0 Å². The van der Waals surface area contributed by atoms with Crippen LogP contribution in [0.25, 0.3) is 0 Å². The predicted octanol–water partition coefficient (Wildman–Crippen LogP) is 1.15. The van der Waals surface area contributed by atoms with E-state index in [2.05, 4.69) is 0 Å². The van der Waals surface area contributed by atoms with Crippen LogP contribution in [0.2, 0.25) is 8.26 Å². The summed E-state index contributed by atoms with van der Waals surface area (Å²) in [4.78, 5) is 0. The molecule has 0 amide bonds. The average Bonchev–Trinajstić information content (AvgIpc) is 1.69. The van der Waals surface area contributed by atoms with Gasteiger partial charge in [-0.2, -0.15) is 0 Å². The Morgan fingerprint density at radius 1 is 1.00 bits per heavy atom. The third-order valence-electron chi connectivity index (χ3n) is 1.33. The van der Waals surface area contributed by atoms with Crippen molar-refractivity contribution in [3.8, 4) is 0 Å². The van der Waals surface area contributed by atoms with Gasteiger partial charge in [-0.15, -0.1) is 0 Å². The molecule has 0 aromatic rings. The zero-order chi connectivity index (χ0) is 5.11. The van der Waals surface area contributed by atoms with Gasteiger partial charge in [-0.25, -0.2) is 0 Å². The molecule has 0 spiro atoms. The molecular formula is C5H11BiO. The number of hydrogen-bond acceptors (Lipinski definition) is 1. The first kappa shape index (κ1) is 5.97. The van der Waals surface area contributed by atoms with E-state index in [1.165, 1.54) is 27.5 Å². The standard InChI is InChI=1S/C5H10.Bi.H2O/c1-3-5-4-2;;/h1-5H2;;1H2/q;+1;/p-1. The Kier molecular flexibility index (Phi) is 2.55. The van der Waals surface area contributed by atoms with Crippen LogP contribution in [-0.4, -0.2) is 25.4 Å². The molecule has 0 saturated carbocycles. The van der Waals surface area contributed by atoms with Gasteiger partial charge in [-0.1, -0.05) is 0 Å². The Balaban J connectivity index is 2.12. The van der Waals surface area contributed by atoms with Crippen LogP contribution < -0.4 is 0 Å². The molecule has 0 aliphatic carbocycles. The molecule has 1 aliphatic heterocycles. The molecule has 42 valence electrons. The first-order valence-corrected chi connectivity index (χ1v) is 9.30. The van der Waals surface area contributed by atoms with Crippen molar-refractivity contribution in [1.82, 2.24) is 0 Å². The quantitative estimate of drug-likeness (QED) is 0.665. The van der Waals surface area contributed by atoms with E-state index in [1.807, 2.05) is 0 Å². The Hall–Kier alpha value is 0.843. The third kappa shape index (κ3) is 2.05. The predicted molar refractivity (Wildman–Crippen MR) is 31.4 cm³/mol. The monoisotopic (exact) mass is 296 g/mol. The second kappa shape index (κ2) is 2.99. The van der Waals surface area contributed by atoms with Gasteiger partial charge >= 0.3 is 52.9 Å². The Morgan fingerprint density at radius 3 is 1.86 bits per heavy atom. The molecule has 2 heteroatoms. The first-order valence-electron chi connectivity index (χ1n) is 2.83. The van der Waals surface area contributed by atoms with E-state index in [1.54, 1.807) is 0 Å². The normalized spacial score (nSPS) is 25.3. The first-order chi connectivity index (χ1) is 3.39. The molecule has 1 heterocycles. The average molecular weight is 296 g/mol. The number of hydrogen-bond donors (Lipinski definition) is 1. The summed E-state index contributed by atoms with van der Waals surface area (Å²) in [6.07, 6.45) is 4.04. The molecule has 0 aromatic carbocycles. The van der Waals surface area contributed by atoms with Crippen LogP contribution in [0.3, 0.4) is 0 Å². The fourth-order valence-electron chi connectivity index (χ4n) is 0.877. The topological polar surface area (TPSA) is 20.2 Å². The molecule has 1 aliphatic rings. The molecule has 1 N–H and O–H groups in total. The maximum atomic E-state index is 9.11. The van der Waals surface area contributed by atoms with Crippen molar-refractivity contribution < 1.29 is 3.18 Å². The Bertz CT molecular complexity index is 50.0. The van der Waals surface area contributed by atoms with Crippen LogP contribution in [0.15, 0.2) is 0 Å². The molecule has 1 nitrogen and oxygen atoms in total. The minimum atomic E-state index is -1.62. The molecule has 0 radical (unpaired) electrons. The van der Waals surface area contributed by atoms with Crippen molar-refractivity contribution in [3.63, 3.8) is 0 Å². The summed E-state index contributed by atoms with van der Waals surface area (Å²) in [6.45, 7) is 0. The van der Waals surface area contributed by atoms with E-state index in [0.29, 0.717) is 0 Å². The van der Waals surface area contributed by atoms with E-state index in [-0.39, 0.29) is 0 Å². The molecule has 1 rings (SSSR count). The van der Waals surface area contributed by atoms with E-state index < -0.39 is 22.2 Å². The van der Waals surface area contributed by atoms with Gasteiger partial charge in [0.2, 0.25) is 0 Å². The van der Waals surface area contributed by atoms with E-state index in [4.69, 9.17) is 3.18 Å². The van der Waals surface area contributed by atoms with Crippen molar-refractivity contribution in [1.29, 1.82) is 0 Å². The van der Waals surface area contributed by atoms with Crippen LogP contribution in [0.5, 0.6) is 0 Å². The van der Waals surface area contributed by atoms with Crippen molar-refractivity contribution in [2.75, 3.05) is 0 Å². The summed E-state index contributed by atoms with van der Waals surface area (Å²) >= 11 is -1.62. The minimum absolute atomic E-state index is 1.25. The van der Waals surface area contributed by atoms with Gasteiger partial charge < -0.3 is 0 Å². The van der Waals surface area contributed by atoms with E-state index in [9.17, 15) is 0 Å². The SMILES string of the molecule is [OH][Bi]1[CH2]CCC[CH2]1. The zero-order valence-corrected chi connectivity index (χ0v) is 7.91. The van der Waals surface area contributed by atoms with Gasteiger partial charge in [-0.05, 0) is 0 Å². The molecular weight excluding hydrogens is 285 g/mol. The van der Waals surface area contributed by atoms with Crippen molar-refractivity contribution in [2.45, 2.75) is 27.5 Å². The summed E-state index contributed by atoms with van der Waals surface area (Å²) in [6, 6.07) is 0. The number of rotatable bonds is 0. The van der Waals surface area contributed by atoms with Crippen LogP contribution >= 0.6 is 0 Å². The fourth-order valence-corrected chi connectivity index (χ4v) is 6.32. The Morgan fingerprint density at radius 2 is 1.57 bits per heavy atom. The van der Waals surface area contributed by atoms with Crippen LogP contribution in [-0.2, 0) is 0 Å². The van der Waals surface area contributed by atoms with E-state index in [0.717, 1.165) is 0 Å². The van der Waals surface area contributed by atoms with Crippen molar-refractivity contribution in [3.05, 3.63) is 0 Å². The summed E-state index contributed by atoms with van der Waals surface area (Å²) in [5.74, 6) is 0. The summed E-state index contributed by atoms with van der Waals surface area (Å²) in [5, 5.41) is 0. The van der Waals surface area contributed by atoms with Crippen molar-refractivity contribution >= 4 is 22.2 Å². The molecule has 0 aromatic heterocycles. The van der Waals surface area contributed by atoms with Crippen LogP contribution in [0.1, 0.15) is 19.3 Å².